The van der Waals surface area contributed by atoms with Crippen LogP contribution in [0.3, 0.4) is 0 Å². The van der Waals surface area contributed by atoms with Crippen LogP contribution < -0.4 is 5.32 Å². The molecular weight excluding hydrogens is 244 g/mol. The van der Waals surface area contributed by atoms with E-state index in [1.807, 2.05) is 24.0 Å². The van der Waals surface area contributed by atoms with Crippen molar-refractivity contribution in [3.63, 3.8) is 0 Å². The first kappa shape index (κ1) is 13.2. The first-order valence-electron chi connectivity index (χ1n) is 6.21. The van der Waals surface area contributed by atoms with Crippen molar-refractivity contribution in [1.29, 1.82) is 0 Å². The number of rotatable bonds is 5. The first-order valence-corrected chi connectivity index (χ1v) is 7.03. The molecule has 0 bridgehead atoms. The van der Waals surface area contributed by atoms with Crippen LogP contribution in [0, 0.1) is 13.8 Å². The minimum absolute atomic E-state index is 0.340. The Morgan fingerprint density at radius 2 is 2.11 bits per heavy atom. The van der Waals surface area contributed by atoms with Gasteiger partial charge in [-0.05, 0) is 33.3 Å². The predicted octanol–water partition coefficient (Wildman–Crippen LogP) is 2.70. The van der Waals surface area contributed by atoms with E-state index in [0.717, 1.165) is 11.6 Å². The molecule has 1 N–H and O–H groups in total. The average Bonchev–Trinajstić information content (AvgIpc) is 2.94. The molecule has 0 fully saturated rings. The summed E-state index contributed by atoms with van der Waals surface area (Å²) in [5.41, 5.74) is 1.20. The minimum Gasteiger partial charge on any atom is -0.307 e. The van der Waals surface area contributed by atoms with Crippen molar-refractivity contribution in [2.45, 2.75) is 46.3 Å². The fourth-order valence-corrected chi connectivity index (χ4v) is 2.55. The van der Waals surface area contributed by atoms with Gasteiger partial charge in [0.1, 0.15) is 0 Å². The number of hydrogen-bond donors (Lipinski definition) is 1. The van der Waals surface area contributed by atoms with E-state index in [-0.39, 0.29) is 0 Å². The second-order valence-electron chi connectivity index (χ2n) is 4.75. The van der Waals surface area contributed by atoms with Gasteiger partial charge in [-0.15, -0.1) is 11.3 Å². The summed E-state index contributed by atoms with van der Waals surface area (Å²) < 4.78 is 2.02. The topological polar surface area (TPSA) is 42.7 Å². The Balaban J connectivity index is 1.89. The van der Waals surface area contributed by atoms with Gasteiger partial charge in [-0.2, -0.15) is 5.10 Å². The molecule has 0 aliphatic rings. The van der Waals surface area contributed by atoms with Gasteiger partial charge in [-0.1, -0.05) is 0 Å². The van der Waals surface area contributed by atoms with Crippen molar-refractivity contribution in [3.05, 3.63) is 34.0 Å². The van der Waals surface area contributed by atoms with Crippen molar-refractivity contribution < 1.29 is 0 Å². The Hall–Kier alpha value is -1.20. The van der Waals surface area contributed by atoms with Crippen LogP contribution in [0.1, 0.15) is 35.3 Å². The van der Waals surface area contributed by atoms with Gasteiger partial charge in [0.2, 0.25) is 0 Å². The van der Waals surface area contributed by atoms with E-state index >= 15 is 0 Å². The fourth-order valence-electron chi connectivity index (χ4n) is 1.80. The van der Waals surface area contributed by atoms with Gasteiger partial charge >= 0.3 is 0 Å². The number of hydrogen-bond acceptors (Lipinski definition) is 4. The summed E-state index contributed by atoms with van der Waals surface area (Å²) >= 11 is 1.75. The summed E-state index contributed by atoms with van der Waals surface area (Å²) in [4.78, 5) is 5.54. The molecule has 2 rings (SSSR count). The molecule has 2 aromatic heterocycles. The lowest BCUT2D eigenvalue weighted by Gasteiger charge is -2.21. The quantitative estimate of drug-likeness (QED) is 0.903. The molecule has 2 aromatic rings. The molecule has 5 heteroatoms. The number of nitrogens with zero attached hydrogens (tertiary/aromatic N) is 3. The minimum atomic E-state index is 0.340. The lowest BCUT2D eigenvalue weighted by atomic mass is 10.2. The highest BCUT2D eigenvalue weighted by atomic mass is 32.1. The zero-order valence-corrected chi connectivity index (χ0v) is 12.2. The summed E-state index contributed by atoms with van der Waals surface area (Å²) in [7, 11) is 0. The van der Waals surface area contributed by atoms with Gasteiger partial charge in [-0.3, -0.25) is 4.68 Å². The Morgan fingerprint density at radius 3 is 2.67 bits per heavy atom. The summed E-state index contributed by atoms with van der Waals surface area (Å²) in [6.07, 6.45) is 5.93. The van der Waals surface area contributed by atoms with E-state index in [4.69, 9.17) is 0 Å². The predicted molar refractivity (Wildman–Crippen MR) is 74.8 cm³/mol. The zero-order chi connectivity index (χ0) is 13.1. The summed E-state index contributed by atoms with van der Waals surface area (Å²) in [5.74, 6) is 0. The third-order valence-electron chi connectivity index (χ3n) is 3.14. The van der Waals surface area contributed by atoms with E-state index < -0.39 is 0 Å². The number of aryl methyl sites for hydroxylation is 2. The van der Waals surface area contributed by atoms with Gasteiger partial charge in [0.05, 0.1) is 17.2 Å². The number of nitrogens with one attached hydrogen (secondary N) is 1. The Kier molecular flexibility index (Phi) is 4.14. The maximum Gasteiger partial charge on any atom is 0.0897 e. The molecule has 0 radical (unpaired) electrons. The summed E-state index contributed by atoms with van der Waals surface area (Å²) in [6, 6.07) is 0.708. The van der Waals surface area contributed by atoms with E-state index in [0.29, 0.717) is 12.1 Å². The zero-order valence-electron chi connectivity index (χ0n) is 11.3. The molecule has 2 atom stereocenters. The highest BCUT2D eigenvalue weighted by Gasteiger charge is 2.14. The average molecular weight is 264 g/mol. The summed E-state index contributed by atoms with van der Waals surface area (Å²) in [6.45, 7) is 9.34. The Labute approximate surface area is 112 Å². The molecule has 0 aliphatic heterocycles. The molecule has 0 aromatic carbocycles. The number of thiazole rings is 1. The maximum absolute atomic E-state index is 4.36. The smallest absolute Gasteiger partial charge is 0.0897 e. The third-order valence-corrected chi connectivity index (χ3v) is 4.05. The van der Waals surface area contributed by atoms with Gasteiger partial charge in [0.25, 0.3) is 0 Å². The highest BCUT2D eigenvalue weighted by molar-refractivity contribution is 7.11. The monoisotopic (exact) mass is 264 g/mol. The molecule has 2 heterocycles. The first-order chi connectivity index (χ1) is 8.56. The molecule has 0 aliphatic carbocycles. The maximum atomic E-state index is 4.36. The Morgan fingerprint density at radius 1 is 1.33 bits per heavy atom. The van der Waals surface area contributed by atoms with Crippen LogP contribution in [-0.2, 0) is 6.54 Å². The van der Waals surface area contributed by atoms with Crippen LogP contribution >= 0.6 is 11.3 Å². The SMILES string of the molecule is Cc1cnn([C@@H](C)[C@H](C)NCc2cnc(C)s2)c1. The lowest BCUT2D eigenvalue weighted by Crippen LogP contribution is -2.33. The molecule has 98 valence electrons. The van der Waals surface area contributed by atoms with Crippen molar-refractivity contribution >= 4 is 11.3 Å². The van der Waals surface area contributed by atoms with Crippen LogP contribution in [-0.4, -0.2) is 20.8 Å². The molecule has 0 saturated heterocycles. The normalized spacial score (nSPS) is 14.7. The van der Waals surface area contributed by atoms with Crippen LogP contribution in [0.5, 0.6) is 0 Å². The Bertz CT molecular complexity index is 503. The van der Waals surface area contributed by atoms with Gasteiger partial charge in [0.15, 0.2) is 0 Å². The van der Waals surface area contributed by atoms with Crippen LogP contribution in [0.15, 0.2) is 18.6 Å². The molecule has 18 heavy (non-hydrogen) atoms. The van der Waals surface area contributed by atoms with E-state index in [2.05, 4.69) is 42.4 Å². The second kappa shape index (κ2) is 5.63. The standard InChI is InChI=1S/C13H20N4S/c1-9-5-16-17(8-9)11(3)10(2)14-6-13-7-15-12(4)18-13/h5,7-8,10-11,14H,6H2,1-4H3/t10-,11-/m0/s1. The van der Waals surface area contributed by atoms with Crippen molar-refractivity contribution in [2.75, 3.05) is 0 Å². The van der Waals surface area contributed by atoms with Crippen molar-refractivity contribution in [1.82, 2.24) is 20.1 Å². The molecule has 4 nitrogen and oxygen atoms in total. The third kappa shape index (κ3) is 3.17. The second-order valence-corrected chi connectivity index (χ2v) is 6.07. The van der Waals surface area contributed by atoms with E-state index in [1.165, 1.54) is 10.4 Å². The van der Waals surface area contributed by atoms with Crippen LogP contribution in [0.25, 0.3) is 0 Å². The van der Waals surface area contributed by atoms with Crippen molar-refractivity contribution in [3.8, 4) is 0 Å². The molecular formula is C13H20N4S. The molecule has 0 saturated carbocycles. The number of aromatic nitrogens is 3. The lowest BCUT2D eigenvalue weighted by molar-refractivity contribution is 0.365. The molecule has 0 unspecified atom stereocenters. The van der Waals surface area contributed by atoms with Crippen molar-refractivity contribution in [2.24, 2.45) is 0 Å². The fraction of sp³-hybridized carbons (Fsp3) is 0.538. The molecule has 0 spiro atoms. The van der Waals surface area contributed by atoms with E-state index in [9.17, 15) is 0 Å². The van der Waals surface area contributed by atoms with E-state index in [1.54, 1.807) is 11.3 Å². The van der Waals surface area contributed by atoms with Gasteiger partial charge in [0, 0.05) is 29.9 Å². The van der Waals surface area contributed by atoms with Gasteiger partial charge < -0.3 is 5.32 Å². The van der Waals surface area contributed by atoms with Crippen LogP contribution in [0.2, 0.25) is 0 Å². The molecule has 0 amide bonds. The highest BCUT2D eigenvalue weighted by Crippen LogP contribution is 2.14. The summed E-state index contributed by atoms with van der Waals surface area (Å²) in [5, 5.41) is 9.01. The van der Waals surface area contributed by atoms with Crippen LogP contribution in [0.4, 0.5) is 0 Å². The largest absolute Gasteiger partial charge is 0.307 e. The van der Waals surface area contributed by atoms with Gasteiger partial charge in [-0.25, -0.2) is 4.98 Å².